The number of nitrogens with one attached hydrogen (secondary N) is 2. The molecule has 0 saturated carbocycles. The number of carbonyl (C=O) groups excluding carboxylic acids is 1. The van der Waals surface area contributed by atoms with Gasteiger partial charge in [0.15, 0.2) is 0 Å². The summed E-state index contributed by atoms with van der Waals surface area (Å²) < 4.78 is 0. The first-order valence-corrected chi connectivity index (χ1v) is 5.96. The van der Waals surface area contributed by atoms with Crippen molar-refractivity contribution < 1.29 is 9.90 Å². The molecule has 0 spiro atoms. The Hall–Kier alpha value is -2.56. The molecule has 1 heterocycles. The minimum atomic E-state index is -0.146. The molecule has 2 aromatic rings. The average Bonchev–Trinajstić information content (AvgIpc) is 2.91. The number of rotatable bonds is 5. The number of amides is 1. The van der Waals surface area contributed by atoms with Crippen LogP contribution in [-0.2, 0) is 11.2 Å². The number of hydrogen-bond acceptors (Lipinski definition) is 3. The van der Waals surface area contributed by atoms with Gasteiger partial charge in [-0.1, -0.05) is 12.1 Å². The van der Waals surface area contributed by atoms with Crippen LogP contribution in [0, 0.1) is 0 Å². The van der Waals surface area contributed by atoms with E-state index < -0.39 is 0 Å². The summed E-state index contributed by atoms with van der Waals surface area (Å²) >= 11 is 0. The molecule has 0 bridgehead atoms. The molecule has 0 aliphatic carbocycles. The van der Waals surface area contributed by atoms with E-state index in [1.54, 1.807) is 42.9 Å². The van der Waals surface area contributed by atoms with Gasteiger partial charge in [-0.15, -0.1) is 0 Å². The Morgan fingerprint density at radius 1 is 1.37 bits per heavy atom. The van der Waals surface area contributed by atoms with Gasteiger partial charge in [-0.25, -0.2) is 4.98 Å². The van der Waals surface area contributed by atoms with E-state index in [2.05, 4.69) is 15.3 Å². The van der Waals surface area contributed by atoms with Crippen LogP contribution in [0.3, 0.4) is 0 Å². The van der Waals surface area contributed by atoms with Gasteiger partial charge in [-0.3, -0.25) is 4.79 Å². The maximum atomic E-state index is 11.5. The second-order valence-electron chi connectivity index (χ2n) is 4.04. The number of benzene rings is 1. The highest BCUT2D eigenvalue weighted by atomic mass is 16.3. The average molecular weight is 257 g/mol. The van der Waals surface area contributed by atoms with Crippen LogP contribution in [0.5, 0.6) is 5.75 Å². The van der Waals surface area contributed by atoms with E-state index in [1.807, 2.05) is 0 Å². The fourth-order valence-electron chi connectivity index (χ4n) is 1.56. The zero-order valence-electron chi connectivity index (χ0n) is 10.3. The number of phenolic OH excluding ortho intramolecular Hbond substituents is 1. The Balaban J connectivity index is 1.76. The summed E-state index contributed by atoms with van der Waals surface area (Å²) in [7, 11) is 0. The van der Waals surface area contributed by atoms with E-state index in [9.17, 15) is 4.79 Å². The highest BCUT2D eigenvalue weighted by Gasteiger charge is 1.97. The first-order chi connectivity index (χ1) is 9.24. The standard InChI is InChI=1S/C14H15N3O2/c18-13-4-1-11(2-5-13)3-6-14(19)16-8-7-12-9-15-10-17-12/h1-6,9-10,18H,7-8H2,(H,15,17)(H,16,19)/b6-3+. The van der Waals surface area contributed by atoms with Gasteiger partial charge >= 0.3 is 0 Å². The van der Waals surface area contributed by atoms with E-state index in [1.165, 1.54) is 6.08 Å². The highest BCUT2D eigenvalue weighted by Crippen LogP contribution is 2.10. The Labute approximate surface area is 111 Å². The first-order valence-electron chi connectivity index (χ1n) is 5.96. The number of H-pyrrole nitrogens is 1. The predicted octanol–water partition coefficient (Wildman–Crippen LogP) is 1.49. The summed E-state index contributed by atoms with van der Waals surface area (Å²) in [6.07, 6.45) is 7.24. The Kier molecular flexibility index (Phi) is 4.34. The summed E-state index contributed by atoms with van der Waals surface area (Å²) in [5.41, 5.74) is 1.85. The van der Waals surface area contributed by atoms with Gasteiger partial charge in [0.05, 0.1) is 6.33 Å². The number of hydrogen-bond donors (Lipinski definition) is 3. The van der Waals surface area contributed by atoms with Gasteiger partial charge in [0, 0.05) is 30.9 Å². The van der Waals surface area contributed by atoms with E-state index in [4.69, 9.17) is 5.11 Å². The maximum absolute atomic E-state index is 11.5. The molecule has 5 heteroatoms. The van der Waals surface area contributed by atoms with Crippen molar-refractivity contribution in [3.05, 3.63) is 54.1 Å². The lowest BCUT2D eigenvalue weighted by Crippen LogP contribution is -2.23. The smallest absolute Gasteiger partial charge is 0.244 e. The Morgan fingerprint density at radius 2 is 2.16 bits per heavy atom. The normalized spacial score (nSPS) is 10.7. The summed E-state index contributed by atoms with van der Waals surface area (Å²) in [5.74, 6) is 0.0637. The van der Waals surface area contributed by atoms with Crippen molar-refractivity contribution in [1.29, 1.82) is 0 Å². The molecule has 0 radical (unpaired) electrons. The van der Waals surface area contributed by atoms with Crippen molar-refractivity contribution in [3.63, 3.8) is 0 Å². The fraction of sp³-hybridized carbons (Fsp3) is 0.143. The number of aromatic amines is 1. The molecule has 5 nitrogen and oxygen atoms in total. The topological polar surface area (TPSA) is 78.0 Å². The fourth-order valence-corrected chi connectivity index (χ4v) is 1.56. The lowest BCUT2D eigenvalue weighted by molar-refractivity contribution is -0.116. The van der Waals surface area contributed by atoms with Crippen LogP contribution in [0.1, 0.15) is 11.3 Å². The van der Waals surface area contributed by atoms with Crippen molar-refractivity contribution in [2.45, 2.75) is 6.42 Å². The molecule has 3 N–H and O–H groups in total. The third kappa shape index (κ3) is 4.31. The van der Waals surface area contributed by atoms with Crippen LogP contribution < -0.4 is 5.32 Å². The zero-order chi connectivity index (χ0) is 13.5. The van der Waals surface area contributed by atoms with Crippen molar-refractivity contribution in [3.8, 4) is 5.75 Å². The summed E-state index contributed by atoms with van der Waals surface area (Å²) in [6.45, 7) is 0.556. The summed E-state index contributed by atoms with van der Waals surface area (Å²) in [5, 5.41) is 11.9. The molecule has 0 atom stereocenters. The zero-order valence-corrected chi connectivity index (χ0v) is 10.3. The number of nitrogens with zero attached hydrogens (tertiary/aromatic N) is 1. The predicted molar refractivity (Wildman–Crippen MR) is 72.4 cm³/mol. The molecule has 1 aromatic carbocycles. The molecule has 2 rings (SSSR count). The van der Waals surface area contributed by atoms with Crippen molar-refractivity contribution in [2.75, 3.05) is 6.54 Å². The monoisotopic (exact) mass is 257 g/mol. The molecule has 0 fully saturated rings. The molecule has 0 aliphatic rings. The lowest BCUT2D eigenvalue weighted by Gasteiger charge is -2.00. The molecule has 0 aliphatic heterocycles. The number of aromatic hydroxyl groups is 1. The van der Waals surface area contributed by atoms with Gasteiger partial charge in [0.25, 0.3) is 0 Å². The van der Waals surface area contributed by atoms with Crippen LogP contribution in [-0.4, -0.2) is 27.5 Å². The van der Waals surface area contributed by atoms with Gasteiger partial charge in [0.1, 0.15) is 5.75 Å². The number of phenols is 1. The molecule has 19 heavy (non-hydrogen) atoms. The van der Waals surface area contributed by atoms with Gasteiger partial charge in [-0.2, -0.15) is 0 Å². The van der Waals surface area contributed by atoms with Crippen molar-refractivity contribution in [2.24, 2.45) is 0 Å². The molecular weight excluding hydrogens is 242 g/mol. The number of aromatic nitrogens is 2. The molecule has 0 saturated heterocycles. The molecular formula is C14H15N3O2. The van der Waals surface area contributed by atoms with Gasteiger partial charge < -0.3 is 15.4 Å². The minimum absolute atomic E-state index is 0.146. The summed E-state index contributed by atoms with van der Waals surface area (Å²) in [4.78, 5) is 18.4. The van der Waals surface area contributed by atoms with E-state index in [-0.39, 0.29) is 11.7 Å². The number of carbonyl (C=O) groups is 1. The van der Waals surface area contributed by atoms with Crippen LogP contribution in [0.2, 0.25) is 0 Å². The molecule has 0 unspecified atom stereocenters. The Morgan fingerprint density at radius 3 is 2.84 bits per heavy atom. The van der Waals surface area contributed by atoms with Crippen LogP contribution in [0.25, 0.3) is 6.08 Å². The number of imidazole rings is 1. The second-order valence-corrected chi connectivity index (χ2v) is 4.04. The second kappa shape index (κ2) is 6.39. The van der Waals surface area contributed by atoms with E-state index in [0.717, 1.165) is 17.7 Å². The lowest BCUT2D eigenvalue weighted by atomic mass is 10.2. The highest BCUT2D eigenvalue weighted by molar-refractivity contribution is 5.91. The van der Waals surface area contributed by atoms with Crippen molar-refractivity contribution in [1.82, 2.24) is 15.3 Å². The minimum Gasteiger partial charge on any atom is -0.508 e. The largest absolute Gasteiger partial charge is 0.508 e. The van der Waals surface area contributed by atoms with Gasteiger partial charge in [-0.05, 0) is 23.8 Å². The van der Waals surface area contributed by atoms with E-state index in [0.29, 0.717) is 6.54 Å². The molecule has 1 aromatic heterocycles. The van der Waals surface area contributed by atoms with Crippen LogP contribution in [0.4, 0.5) is 0 Å². The quantitative estimate of drug-likeness (QED) is 0.710. The van der Waals surface area contributed by atoms with E-state index >= 15 is 0 Å². The SMILES string of the molecule is O=C(/C=C/c1ccc(O)cc1)NCCc1cnc[nH]1. The van der Waals surface area contributed by atoms with Crippen LogP contribution >= 0.6 is 0 Å². The first kappa shape index (κ1) is 12.9. The Bertz CT molecular complexity index is 545. The molecule has 98 valence electrons. The van der Waals surface area contributed by atoms with Crippen molar-refractivity contribution >= 4 is 12.0 Å². The van der Waals surface area contributed by atoms with Gasteiger partial charge in [0.2, 0.25) is 5.91 Å². The summed E-state index contributed by atoms with van der Waals surface area (Å²) in [6, 6.07) is 6.64. The third-order valence-electron chi connectivity index (χ3n) is 2.57. The van der Waals surface area contributed by atoms with Crippen LogP contribution in [0.15, 0.2) is 42.9 Å². The molecule has 1 amide bonds. The maximum Gasteiger partial charge on any atom is 0.244 e. The third-order valence-corrected chi connectivity index (χ3v) is 2.57.